The van der Waals surface area contributed by atoms with Crippen molar-refractivity contribution in [1.29, 1.82) is 0 Å². The van der Waals surface area contributed by atoms with Crippen molar-refractivity contribution in [2.24, 2.45) is 5.92 Å². The Kier molecular flexibility index (Phi) is 5.05. The summed E-state index contributed by atoms with van der Waals surface area (Å²) in [5, 5.41) is 19.5. The van der Waals surface area contributed by atoms with Crippen LogP contribution in [0.3, 0.4) is 0 Å². The van der Waals surface area contributed by atoms with E-state index in [1.165, 1.54) is 35.3 Å². The van der Waals surface area contributed by atoms with Gasteiger partial charge in [-0.15, -0.1) is 5.10 Å². The second kappa shape index (κ2) is 6.99. The maximum absolute atomic E-state index is 12.9. The molecule has 1 atom stereocenters. The highest BCUT2D eigenvalue weighted by Gasteiger charge is 2.23. The highest BCUT2D eigenvalue weighted by molar-refractivity contribution is 5.94. The Hall–Kier alpha value is -2.77. The van der Waals surface area contributed by atoms with Gasteiger partial charge in [0.15, 0.2) is 5.69 Å². The number of aliphatic carboxylic acids is 1. The lowest BCUT2D eigenvalue weighted by Gasteiger charge is -2.15. The molecule has 1 heterocycles. The van der Waals surface area contributed by atoms with Crippen molar-refractivity contribution in [3.8, 4) is 5.69 Å². The average molecular weight is 320 g/mol. The molecule has 23 heavy (non-hydrogen) atoms. The third-order valence-electron chi connectivity index (χ3n) is 3.09. The highest BCUT2D eigenvalue weighted by atomic mass is 19.1. The fraction of sp³-hybridized carbons (Fsp3) is 0.333. The lowest BCUT2D eigenvalue weighted by Crippen LogP contribution is -2.41. The number of hydrogen-bond donors (Lipinski definition) is 2. The molecule has 0 saturated carbocycles. The van der Waals surface area contributed by atoms with Gasteiger partial charge in [0.25, 0.3) is 5.91 Å². The van der Waals surface area contributed by atoms with Crippen molar-refractivity contribution >= 4 is 11.9 Å². The predicted octanol–water partition coefficient (Wildman–Crippen LogP) is 1.64. The summed E-state index contributed by atoms with van der Waals surface area (Å²) in [7, 11) is 0. The van der Waals surface area contributed by atoms with Crippen LogP contribution in [0, 0.1) is 11.7 Å². The number of benzene rings is 1. The van der Waals surface area contributed by atoms with E-state index in [1.54, 1.807) is 0 Å². The molecule has 0 aliphatic heterocycles. The maximum atomic E-state index is 12.9. The van der Waals surface area contributed by atoms with Crippen molar-refractivity contribution in [3.05, 3.63) is 42.0 Å². The number of carboxylic acids is 1. The topological polar surface area (TPSA) is 97.1 Å². The summed E-state index contributed by atoms with van der Waals surface area (Å²) in [6, 6.07) is 4.45. The van der Waals surface area contributed by atoms with Gasteiger partial charge < -0.3 is 10.4 Å². The van der Waals surface area contributed by atoms with E-state index in [0.29, 0.717) is 12.1 Å². The van der Waals surface area contributed by atoms with Crippen molar-refractivity contribution < 1.29 is 19.1 Å². The molecule has 122 valence electrons. The number of halogens is 1. The van der Waals surface area contributed by atoms with E-state index >= 15 is 0 Å². The molecule has 0 bridgehead atoms. The summed E-state index contributed by atoms with van der Waals surface area (Å²) >= 11 is 0. The van der Waals surface area contributed by atoms with Crippen molar-refractivity contribution in [2.45, 2.75) is 26.3 Å². The van der Waals surface area contributed by atoms with Crippen LogP contribution in [-0.2, 0) is 4.79 Å². The molecule has 1 amide bonds. The molecule has 8 heteroatoms. The SMILES string of the molecule is CC(C)C[C@H](NC(=O)c1cnn(-c2ccc(F)cc2)n1)C(=O)O. The number of carboxylic acid groups (broad SMARTS) is 1. The predicted molar refractivity (Wildman–Crippen MR) is 79.7 cm³/mol. The fourth-order valence-electron chi connectivity index (χ4n) is 1.99. The van der Waals surface area contributed by atoms with E-state index in [2.05, 4.69) is 15.5 Å². The second-order valence-corrected chi connectivity index (χ2v) is 5.49. The summed E-state index contributed by atoms with van der Waals surface area (Å²) in [6.07, 6.45) is 1.54. The highest BCUT2D eigenvalue weighted by Crippen LogP contribution is 2.08. The van der Waals surface area contributed by atoms with E-state index in [0.717, 1.165) is 0 Å². The monoisotopic (exact) mass is 320 g/mol. The molecule has 2 rings (SSSR count). The number of rotatable bonds is 6. The Bertz CT molecular complexity index is 697. The molecule has 0 fully saturated rings. The molecule has 0 spiro atoms. The molecule has 2 N–H and O–H groups in total. The van der Waals surface area contributed by atoms with Gasteiger partial charge in [-0.3, -0.25) is 4.79 Å². The summed E-state index contributed by atoms with van der Waals surface area (Å²) in [5.41, 5.74) is 0.478. The molecule has 0 aliphatic rings. The van der Waals surface area contributed by atoms with Crippen LogP contribution in [0.25, 0.3) is 5.69 Å². The van der Waals surface area contributed by atoms with E-state index in [4.69, 9.17) is 5.11 Å². The molecular formula is C15H17FN4O3. The normalized spacial score (nSPS) is 12.2. The lowest BCUT2D eigenvalue weighted by molar-refractivity contribution is -0.139. The molecular weight excluding hydrogens is 303 g/mol. The number of hydrogen-bond acceptors (Lipinski definition) is 4. The van der Waals surface area contributed by atoms with Gasteiger partial charge in [-0.05, 0) is 36.6 Å². The van der Waals surface area contributed by atoms with E-state index in [-0.39, 0.29) is 11.6 Å². The fourth-order valence-corrected chi connectivity index (χ4v) is 1.99. The number of aromatic nitrogens is 3. The van der Waals surface area contributed by atoms with Crippen LogP contribution in [0.15, 0.2) is 30.5 Å². The first-order valence-electron chi connectivity index (χ1n) is 7.08. The number of nitrogens with one attached hydrogen (secondary N) is 1. The molecule has 0 radical (unpaired) electrons. The van der Waals surface area contributed by atoms with E-state index < -0.39 is 23.7 Å². The molecule has 0 unspecified atom stereocenters. The summed E-state index contributed by atoms with van der Waals surface area (Å²) in [5.74, 6) is -1.99. The van der Waals surface area contributed by atoms with Gasteiger partial charge in [0, 0.05) is 0 Å². The Balaban J connectivity index is 2.11. The van der Waals surface area contributed by atoms with Gasteiger partial charge in [-0.25, -0.2) is 9.18 Å². The van der Waals surface area contributed by atoms with Crippen LogP contribution in [0.4, 0.5) is 4.39 Å². The van der Waals surface area contributed by atoms with Crippen molar-refractivity contribution in [2.75, 3.05) is 0 Å². The van der Waals surface area contributed by atoms with Crippen LogP contribution in [0.2, 0.25) is 0 Å². The van der Waals surface area contributed by atoms with Gasteiger partial charge in [-0.2, -0.15) is 9.90 Å². The van der Waals surface area contributed by atoms with Crippen LogP contribution < -0.4 is 5.32 Å². The first-order valence-corrected chi connectivity index (χ1v) is 7.08. The summed E-state index contributed by atoms with van der Waals surface area (Å²) in [6.45, 7) is 3.74. The standard InChI is InChI=1S/C15H17FN4O3/c1-9(2)7-12(15(22)23)18-14(21)13-8-17-20(19-13)11-5-3-10(16)4-6-11/h3-6,8-9,12H,7H2,1-2H3,(H,18,21)(H,22,23)/t12-/m0/s1. The molecule has 0 aliphatic carbocycles. The molecule has 1 aromatic carbocycles. The summed E-state index contributed by atoms with van der Waals surface area (Å²) in [4.78, 5) is 24.4. The quantitative estimate of drug-likeness (QED) is 0.843. The largest absolute Gasteiger partial charge is 0.480 e. The third-order valence-corrected chi connectivity index (χ3v) is 3.09. The summed E-state index contributed by atoms with van der Waals surface area (Å²) < 4.78 is 12.9. The number of carbonyl (C=O) groups is 2. The maximum Gasteiger partial charge on any atom is 0.326 e. The van der Waals surface area contributed by atoms with Crippen LogP contribution in [0.5, 0.6) is 0 Å². The average Bonchev–Trinajstić information content (AvgIpc) is 2.96. The third kappa shape index (κ3) is 4.35. The molecule has 7 nitrogen and oxygen atoms in total. The Labute approximate surface area is 132 Å². The van der Waals surface area contributed by atoms with Crippen LogP contribution in [-0.4, -0.2) is 38.0 Å². The number of amides is 1. The Morgan fingerprint density at radius 3 is 2.52 bits per heavy atom. The Morgan fingerprint density at radius 2 is 1.96 bits per heavy atom. The molecule has 2 aromatic rings. The van der Waals surface area contributed by atoms with Crippen molar-refractivity contribution in [3.63, 3.8) is 0 Å². The number of carbonyl (C=O) groups excluding carboxylic acids is 1. The zero-order valence-electron chi connectivity index (χ0n) is 12.7. The van der Waals surface area contributed by atoms with E-state index in [9.17, 15) is 14.0 Å². The van der Waals surface area contributed by atoms with Gasteiger partial charge in [0.2, 0.25) is 0 Å². The zero-order chi connectivity index (χ0) is 17.0. The van der Waals surface area contributed by atoms with Gasteiger partial charge in [0.1, 0.15) is 11.9 Å². The van der Waals surface area contributed by atoms with Gasteiger partial charge >= 0.3 is 5.97 Å². The zero-order valence-corrected chi connectivity index (χ0v) is 12.7. The Morgan fingerprint density at radius 1 is 1.30 bits per heavy atom. The lowest BCUT2D eigenvalue weighted by atomic mass is 10.0. The van der Waals surface area contributed by atoms with Gasteiger partial charge in [-0.1, -0.05) is 13.8 Å². The minimum absolute atomic E-state index is 0.00988. The van der Waals surface area contributed by atoms with Crippen LogP contribution in [0.1, 0.15) is 30.8 Å². The number of nitrogens with zero attached hydrogens (tertiary/aromatic N) is 3. The first kappa shape index (κ1) is 16.6. The van der Waals surface area contributed by atoms with Gasteiger partial charge in [0.05, 0.1) is 11.9 Å². The van der Waals surface area contributed by atoms with Crippen LogP contribution >= 0.6 is 0 Å². The second-order valence-electron chi connectivity index (χ2n) is 5.49. The smallest absolute Gasteiger partial charge is 0.326 e. The minimum Gasteiger partial charge on any atom is -0.480 e. The first-order chi connectivity index (χ1) is 10.9. The van der Waals surface area contributed by atoms with E-state index in [1.807, 2.05) is 13.8 Å². The molecule has 0 saturated heterocycles. The van der Waals surface area contributed by atoms with Crippen molar-refractivity contribution in [1.82, 2.24) is 20.3 Å². The molecule has 1 aromatic heterocycles. The minimum atomic E-state index is -1.10.